The Morgan fingerprint density at radius 2 is 2.00 bits per heavy atom. The summed E-state index contributed by atoms with van der Waals surface area (Å²) in [6, 6.07) is 0. The lowest BCUT2D eigenvalue weighted by molar-refractivity contribution is -0.140. The van der Waals surface area contributed by atoms with Crippen LogP contribution < -0.4 is 10.6 Å². The van der Waals surface area contributed by atoms with Gasteiger partial charge in [0.25, 0.3) is 0 Å². The van der Waals surface area contributed by atoms with Crippen LogP contribution in [0.4, 0.5) is 0 Å². The molecular formula is C17H33N3O3. The number of rotatable bonds is 11. The monoisotopic (exact) mass is 327 g/mol. The molecule has 0 spiro atoms. The molecule has 0 radical (unpaired) electrons. The van der Waals surface area contributed by atoms with E-state index in [2.05, 4.69) is 22.3 Å². The average molecular weight is 327 g/mol. The zero-order chi connectivity index (χ0) is 17.0. The minimum Gasteiger partial charge on any atom is -0.469 e. The summed E-state index contributed by atoms with van der Waals surface area (Å²) in [4.78, 5) is 15.8. The Morgan fingerprint density at radius 1 is 1.22 bits per heavy atom. The topological polar surface area (TPSA) is 72.0 Å². The van der Waals surface area contributed by atoms with Crippen molar-refractivity contribution in [1.82, 2.24) is 10.6 Å². The quantitative estimate of drug-likeness (QED) is 0.263. The van der Waals surface area contributed by atoms with Crippen LogP contribution in [0.25, 0.3) is 0 Å². The zero-order valence-electron chi connectivity index (χ0n) is 15.0. The van der Waals surface area contributed by atoms with Crippen LogP contribution in [-0.4, -0.2) is 52.4 Å². The zero-order valence-corrected chi connectivity index (χ0v) is 15.0. The summed E-state index contributed by atoms with van der Waals surface area (Å²) < 4.78 is 9.87. The smallest absolute Gasteiger partial charge is 0.305 e. The van der Waals surface area contributed by atoms with Gasteiger partial charge in [-0.25, -0.2) is 0 Å². The molecule has 0 saturated heterocycles. The van der Waals surface area contributed by atoms with Crippen molar-refractivity contribution in [3.8, 4) is 0 Å². The summed E-state index contributed by atoms with van der Waals surface area (Å²) in [5, 5.41) is 6.63. The molecule has 1 aliphatic carbocycles. The fourth-order valence-electron chi connectivity index (χ4n) is 2.77. The predicted molar refractivity (Wildman–Crippen MR) is 92.6 cm³/mol. The van der Waals surface area contributed by atoms with Crippen LogP contribution in [0.3, 0.4) is 0 Å². The van der Waals surface area contributed by atoms with Gasteiger partial charge >= 0.3 is 5.97 Å². The Bertz CT molecular complexity index is 368. The maximum Gasteiger partial charge on any atom is 0.305 e. The van der Waals surface area contributed by atoms with Crippen molar-refractivity contribution in [2.75, 3.05) is 40.5 Å². The molecule has 1 fully saturated rings. The molecule has 0 aromatic heterocycles. The van der Waals surface area contributed by atoms with Gasteiger partial charge in [0.2, 0.25) is 0 Å². The maximum absolute atomic E-state index is 11.1. The molecule has 1 aliphatic rings. The fraction of sp³-hybridized carbons (Fsp3) is 0.882. The number of nitrogens with one attached hydrogen (secondary N) is 2. The molecule has 1 rings (SSSR count). The molecule has 6 nitrogen and oxygen atoms in total. The third-order valence-electron chi connectivity index (χ3n) is 4.50. The minimum atomic E-state index is -0.143. The van der Waals surface area contributed by atoms with Crippen molar-refractivity contribution < 1.29 is 14.3 Å². The highest BCUT2D eigenvalue weighted by molar-refractivity contribution is 5.79. The molecule has 0 heterocycles. The van der Waals surface area contributed by atoms with E-state index in [0.29, 0.717) is 11.8 Å². The molecule has 0 aromatic carbocycles. The molecule has 0 aliphatic heterocycles. The van der Waals surface area contributed by atoms with Crippen molar-refractivity contribution in [3.63, 3.8) is 0 Å². The first-order chi connectivity index (χ1) is 11.2. The van der Waals surface area contributed by atoms with Gasteiger partial charge in [0.05, 0.1) is 7.11 Å². The molecule has 134 valence electrons. The summed E-state index contributed by atoms with van der Waals surface area (Å²) in [7, 11) is 3.19. The number of guanidine groups is 1. The SMILES string of the molecule is CCNC(=NCC1(CCOC)CCC1)NCCCCC(=O)OC. The van der Waals surface area contributed by atoms with Crippen LogP contribution in [0.2, 0.25) is 0 Å². The van der Waals surface area contributed by atoms with E-state index >= 15 is 0 Å². The molecule has 0 amide bonds. The number of methoxy groups -OCH3 is 2. The van der Waals surface area contributed by atoms with E-state index in [-0.39, 0.29) is 5.97 Å². The number of esters is 1. The summed E-state index contributed by atoms with van der Waals surface area (Å²) in [6.45, 7) is 5.40. The van der Waals surface area contributed by atoms with Gasteiger partial charge in [0.15, 0.2) is 5.96 Å². The second kappa shape index (κ2) is 11.3. The van der Waals surface area contributed by atoms with Crippen molar-refractivity contribution in [1.29, 1.82) is 0 Å². The minimum absolute atomic E-state index is 0.143. The first-order valence-corrected chi connectivity index (χ1v) is 8.74. The maximum atomic E-state index is 11.1. The van der Waals surface area contributed by atoms with Gasteiger partial charge < -0.3 is 20.1 Å². The van der Waals surface area contributed by atoms with Crippen molar-refractivity contribution in [2.45, 2.75) is 51.9 Å². The third kappa shape index (κ3) is 7.68. The molecule has 0 unspecified atom stereocenters. The van der Waals surface area contributed by atoms with Gasteiger partial charge in [-0.2, -0.15) is 0 Å². The van der Waals surface area contributed by atoms with Gasteiger partial charge in [-0.1, -0.05) is 6.42 Å². The molecule has 23 heavy (non-hydrogen) atoms. The van der Waals surface area contributed by atoms with E-state index < -0.39 is 0 Å². The number of carbonyl (C=O) groups excluding carboxylic acids is 1. The predicted octanol–water partition coefficient (Wildman–Crippen LogP) is 2.09. The van der Waals surface area contributed by atoms with E-state index in [0.717, 1.165) is 51.5 Å². The van der Waals surface area contributed by atoms with E-state index in [1.54, 1.807) is 7.11 Å². The van der Waals surface area contributed by atoms with E-state index in [1.807, 2.05) is 0 Å². The lowest BCUT2D eigenvalue weighted by Crippen LogP contribution is -2.40. The Labute approximate surface area is 140 Å². The first kappa shape index (κ1) is 19.7. The molecule has 6 heteroatoms. The van der Waals surface area contributed by atoms with Crippen molar-refractivity contribution >= 4 is 11.9 Å². The average Bonchev–Trinajstić information content (AvgIpc) is 2.52. The summed E-state index contributed by atoms with van der Waals surface area (Å²) >= 11 is 0. The standard InChI is InChI=1S/C17H33N3O3/c1-4-18-16(19-12-6-5-8-15(21)23-3)20-14-17(9-7-10-17)11-13-22-2/h4-14H2,1-3H3,(H2,18,19,20). The van der Waals surface area contributed by atoms with Crippen molar-refractivity contribution in [2.24, 2.45) is 10.4 Å². The number of ether oxygens (including phenoxy) is 2. The highest BCUT2D eigenvalue weighted by atomic mass is 16.5. The highest BCUT2D eigenvalue weighted by Crippen LogP contribution is 2.44. The molecule has 1 saturated carbocycles. The van der Waals surface area contributed by atoms with Gasteiger partial charge in [0, 0.05) is 39.8 Å². The lowest BCUT2D eigenvalue weighted by atomic mass is 9.67. The normalized spacial score (nSPS) is 16.6. The third-order valence-corrected chi connectivity index (χ3v) is 4.50. The second-order valence-corrected chi connectivity index (χ2v) is 6.25. The summed E-state index contributed by atoms with van der Waals surface area (Å²) in [6.07, 6.45) is 7.12. The van der Waals surface area contributed by atoms with Crippen molar-refractivity contribution in [3.05, 3.63) is 0 Å². The highest BCUT2D eigenvalue weighted by Gasteiger charge is 2.36. The molecule has 0 bridgehead atoms. The van der Waals surface area contributed by atoms with Crippen LogP contribution in [0.15, 0.2) is 4.99 Å². The van der Waals surface area contributed by atoms with E-state index in [4.69, 9.17) is 9.73 Å². The fourth-order valence-corrected chi connectivity index (χ4v) is 2.77. The Hall–Kier alpha value is -1.30. The lowest BCUT2D eigenvalue weighted by Gasteiger charge is -2.40. The summed E-state index contributed by atoms with van der Waals surface area (Å²) in [5.74, 6) is 0.727. The Kier molecular flexibility index (Phi) is 9.67. The molecular weight excluding hydrogens is 294 g/mol. The number of carbonyl (C=O) groups is 1. The Balaban J connectivity index is 2.33. The number of aliphatic imine (C=N–C) groups is 1. The van der Waals surface area contributed by atoms with Crippen LogP contribution in [-0.2, 0) is 14.3 Å². The van der Waals surface area contributed by atoms with Crippen LogP contribution in [0.1, 0.15) is 51.9 Å². The second-order valence-electron chi connectivity index (χ2n) is 6.25. The van der Waals surface area contributed by atoms with Gasteiger partial charge in [0.1, 0.15) is 0 Å². The van der Waals surface area contributed by atoms with Crippen LogP contribution >= 0.6 is 0 Å². The van der Waals surface area contributed by atoms with Crippen LogP contribution in [0.5, 0.6) is 0 Å². The molecule has 2 N–H and O–H groups in total. The van der Waals surface area contributed by atoms with Gasteiger partial charge in [-0.05, 0) is 44.4 Å². The number of unbranched alkanes of at least 4 members (excludes halogenated alkanes) is 1. The Morgan fingerprint density at radius 3 is 2.57 bits per heavy atom. The number of nitrogens with zero attached hydrogens (tertiary/aromatic N) is 1. The number of hydrogen-bond donors (Lipinski definition) is 2. The van der Waals surface area contributed by atoms with Gasteiger partial charge in [-0.3, -0.25) is 9.79 Å². The largest absolute Gasteiger partial charge is 0.469 e. The van der Waals surface area contributed by atoms with Crippen LogP contribution in [0, 0.1) is 5.41 Å². The van der Waals surface area contributed by atoms with E-state index in [9.17, 15) is 4.79 Å². The molecule has 0 aromatic rings. The summed E-state index contributed by atoms with van der Waals surface area (Å²) in [5.41, 5.74) is 0.337. The number of hydrogen-bond acceptors (Lipinski definition) is 4. The first-order valence-electron chi connectivity index (χ1n) is 8.74. The van der Waals surface area contributed by atoms with Gasteiger partial charge in [-0.15, -0.1) is 0 Å². The van der Waals surface area contributed by atoms with E-state index in [1.165, 1.54) is 26.4 Å². The molecule has 0 atom stereocenters.